The number of methoxy groups -OCH3 is 1. The highest BCUT2D eigenvalue weighted by Crippen LogP contribution is 2.02. The third-order valence-electron chi connectivity index (χ3n) is 1.68. The molecule has 2 atom stereocenters. The molecule has 0 spiro atoms. The third-order valence-corrected chi connectivity index (χ3v) is 1.68. The molecular formula is C6H14N2O. The molecule has 0 radical (unpaired) electrons. The van der Waals surface area contributed by atoms with Gasteiger partial charge in [-0.1, -0.05) is 0 Å². The Balaban J connectivity index is 2.23. The molecule has 3 heteroatoms. The monoisotopic (exact) mass is 130 g/mol. The molecule has 1 aliphatic rings. The molecule has 54 valence electrons. The van der Waals surface area contributed by atoms with E-state index in [1.54, 1.807) is 7.11 Å². The van der Waals surface area contributed by atoms with Crippen molar-refractivity contribution in [3.8, 4) is 0 Å². The standard InChI is InChI=1S/C6H14N2O/c1-9-6-2-5(7)3-8-4-6/h5-6,8H,2-4,7H2,1H3/t5?,6-/m1/s1. The van der Waals surface area contributed by atoms with Crippen LogP contribution in [0.2, 0.25) is 0 Å². The Hall–Kier alpha value is -0.120. The van der Waals surface area contributed by atoms with Gasteiger partial charge in [-0.2, -0.15) is 0 Å². The average Bonchev–Trinajstić information content (AvgIpc) is 1.88. The SMILES string of the molecule is CO[C@H]1CNCC(N)C1. The van der Waals surface area contributed by atoms with Gasteiger partial charge in [-0.3, -0.25) is 0 Å². The highest BCUT2D eigenvalue weighted by molar-refractivity contribution is 4.78. The van der Waals surface area contributed by atoms with Crippen molar-refractivity contribution < 1.29 is 4.74 Å². The summed E-state index contributed by atoms with van der Waals surface area (Å²) in [6, 6.07) is 0.281. The largest absolute Gasteiger partial charge is 0.380 e. The van der Waals surface area contributed by atoms with Crippen LogP contribution >= 0.6 is 0 Å². The minimum atomic E-state index is 0.281. The minimum Gasteiger partial charge on any atom is -0.380 e. The normalized spacial score (nSPS) is 36.7. The van der Waals surface area contributed by atoms with Crippen LogP contribution in [0.1, 0.15) is 6.42 Å². The van der Waals surface area contributed by atoms with Crippen molar-refractivity contribution in [1.29, 1.82) is 0 Å². The summed E-state index contributed by atoms with van der Waals surface area (Å²) < 4.78 is 5.12. The fourth-order valence-corrected chi connectivity index (χ4v) is 1.11. The van der Waals surface area contributed by atoms with Gasteiger partial charge in [0.25, 0.3) is 0 Å². The van der Waals surface area contributed by atoms with Gasteiger partial charge in [0, 0.05) is 26.2 Å². The zero-order chi connectivity index (χ0) is 6.69. The lowest BCUT2D eigenvalue weighted by molar-refractivity contribution is 0.0747. The number of ether oxygens (including phenoxy) is 1. The predicted molar refractivity (Wildman–Crippen MR) is 36.3 cm³/mol. The van der Waals surface area contributed by atoms with E-state index in [1.165, 1.54) is 0 Å². The van der Waals surface area contributed by atoms with Gasteiger partial charge in [-0.15, -0.1) is 0 Å². The number of hydrogen-bond acceptors (Lipinski definition) is 3. The molecule has 3 nitrogen and oxygen atoms in total. The Bertz CT molecular complexity index is 87.1. The van der Waals surface area contributed by atoms with Crippen molar-refractivity contribution in [2.75, 3.05) is 20.2 Å². The first-order chi connectivity index (χ1) is 4.33. The van der Waals surface area contributed by atoms with Crippen LogP contribution in [0, 0.1) is 0 Å². The van der Waals surface area contributed by atoms with Gasteiger partial charge in [0.1, 0.15) is 0 Å². The topological polar surface area (TPSA) is 47.3 Å². The second-order valence-electron chi connectivity index (χ2n) is 2.51. The van der Waals surface area contributed by atoms with E-state index < -0.39 is 0 Å². The molecule has 3 N–H and O–H groups in total. The van der Waals surface area contributed by atoms with E-state index in [4.69, 9.17) is 10.5 Å². The van der Waals surface area contributed by atoms with Gasteiger partial charge in [-0.05, 0) is 6.42 Å². The minimum absolute atomic E-state index is 0.281. The van der Waals surface area contributed by atoms with Gasteiger partial charge in [0.05, 0.1) is 6.10 Å². The second kappa shape index (κ2) is 3.15. The number of rotatable bonds is 1. The summed E-state index contributed by atoms with van der Waals surface area (Å²) in [5.41, 5.74) is 5.66. The van der Waals surface area contributed by atoms with Gasteiger partial charge >= 0.3 is 0 Å². The number of piperidine rings is 1. The van der Waals surface area contributed by atoms with Crippen molar-refractivity contribution in [3.05, 3.63) is 0 Å². The average molecular weight is 130 g/mol. The van der Waals surface area contributed by atoms with E-state index in [9.17, 15) is 0 Å². The smallest absolute Gasteiger partial charge is 0.0710 e. The molecule has 1 saturated heterocycles. The highest BCUT2D eigenvalue weighted by atomic mass is 16.5. The van der Waals surface area contributed by atoms with Crippen molar-refractivity contribution in [2.24, 2.45) is 5.73 Å². The maximum atomic E-state index is 5.66. The Morgan fingerprint density at radius 2 is 2.33 bits per heavy atom. The van der Waals surface area contributed by atoms with Crippen molar-refractivity contribution in [3.63, 3.8) is 0 Å². The number of hydrogen-bond donors (Lipinski definition) is 2. The lowest BCUT2D eigenvalue weighted by Gasteiger charge is -2.26. The van der Waals surface area contributed by atoms with E-state index >= 15 is 0 Å². The van der Waals surface area contributed by atoms with E-state index in [1.807, 2.05) is 0 Å². The van der Waals surface area contributed by atoms with Gasteiger partial charge in [-0.25, -0.2) is 0 Å². The molecule has 9 heavy (non-hydrogen) atoms. The van der Waals surface area contributed by atoms with E-state index in [2.05, 4.69) is 5.32 Å². The third kappa shape index (κ3) is 1.93. The zero-order valence-electron chi connectivity index (χ0n) is 5.76. The lowest BCUT2D eigenvalue weighted by Crippen LogP contribution is -2.47. The Kier molecular flexibility index (Phi) is 2.45. The zero-order valence-corrected chi connectivity index (χ0v) is 5.76. The van der Waals surface area contributed by atoms with Crippen LogP contribution in [0.25, 0.3) is 0 Å². The van der Waals surface area contributed by atoms with Crippen LogP contribution in [-0.4, -0.2) is 32.3 Å². The van der Waals surface area contributed by atoms with E-state index in [0.29, 0.717) is 6.10 Å². The van der Waals surface area contributed by atoms with Crippen LogP contribution in [0.4, 0.5) is 0 Å². The first-order valence-electron chi connectivity index (χ1n) is 3.32. The number of nitrogens with one attached hydrogen (secondary N) is 1. The molecule has 0 aromatic rings. The first kappa shape index (κ1) is 6.99. The summed E-state index contributed by atoms with van der Waals surface area (Å²) in [4.78, 5) is 0. The molecule has 0 bridgehead atoms. The summed E-state index contributed by atoms with van der Waals surface area (Å²) in [5, 5.41) is 3.19. The Labute approximate surface area is 55.6 Å². The van der Waals surface area contributed by atoms with Gasteiger partial charge in [0.2, 0.25) is 0 Å². The first-order valence-corrected chi connectivity index (χ1v) is 3.32. The fourth-order valence-electron chi connectivity index (χ4n) is 1.11. The molecule has 1 aliphatic heterocycles. The molecule has 0 aromatic carbocycles. The van der Waals surface area contributed by atoms with E-state index in [0.717, 1.165) is 19.5 Å². The van der Waals surface area contributed by atoms with E-state index in [-0.39, 0.29) is 6.04 Å². The highest BCUT2D eigenvalue weighted by Gasteiger charge is 2.17. The quantitative estimate of drug-likeness (QED) is 0.494. The van der Waals surface area contributed by atoms with Crippen molar-refractivity contribution in [1.82, 2.24) is 5.32 Å². The molecule has 1 fully saturated rings. The lowest BCUT2D eigenvalue weighted by atomic mass is 10.1. The molecule has 0 amide bonds. The fraction of sp³-hybridized carbons (Fsp3) is 1.00. The Morgan fingerprint density at radius 1 is 1.56 bits per heavy atom. The molecular weight excluding hydrogens is 116 g/mol. The number of nitrogens with two attached hydrogens (primary N) is 1. The molecule has 1 rings (SSSR count). The van der Waals surface area contributed by atoms with Crippen LogP contribution in [0.5, 0.6) is 0 Å². The second-order valence-corrected chi connectivity index (χ2v) is 2.51. The summed E-state index contributed by atoms with van der Waals surface area (Å²) in [5.74, 6) is 0. The summed E-state index contributed by atoms with van der Waals surface area (Å²) >= 11 is 0. The van der Waals surface area contributed by atoms with Gasteiger partial charge < -0.3 is 15.8 Å². The van der Waals surface area contributed by atoms with Crippen molar-refractivity contribution in [2.45, 2.75) is 18.6 Å². The molecule has 1 heterocycles. The maximum Gasteiger partial charge on any atom is 0.0710 e. The van der Waals surface area contributed by atoms with Crippen LogP contribution < -0.4 is 11.1 Å². The molecule has 0 aliphatic carbocycles. The maximum absolute atomic E-state index is 5.66. The molecule has 1 unspecified atom stereocenters. The van der Waals surface area contributed by atoms with Crippen LogP contribution in [0.15, 0.2) is 0 Å². The van der Waals surface area contributed by atoms with Crippen LogP contribution in [0.3, 0.4) is 0 Å². The Morgan fingerprint density at radius 3 is 2.78 bits per heavy atom. The van der Waals surface area contributed by atoms with Crippen LogP contribution in [-0.2, 0) is 4.74 Å². The molecule has 0 aromatic heterocycles. The van der Waals surface area contributed by atoms with Gasteiger partial charge in [0.15, 0.2) is 0 Å². The summed E-state index contributed by atoms with van der Waals surface area (Å²) in [6.07, 6.45) is 1.32. The summed E-state index contributed by atoms with van der Waals surface area (Å²) in [7, 11) is 1.73. The summed E-state index contributed by atoms with van der Waals surface area (Å²) in [6.45, 7) is 1.88. The van der Waals surface area contributed by atoms with Crippen molar-refractivity contribution >= 4 is 0 Å². The molecule has 0 saturated carbocycles. The predicted octanol–water partition coefficient (Wildman–Crippen LogP) is -0.678.